The molecule has 10 nitrogen and oxygen atoms in total. The molecular formula is C26H28ClN5O5. The molecule has 194 valence electrons. The minimum absolute atomic E-state index is 0.0102. The molecule has 3 N–H and O–H groups in total. The van der Waals surface area contributed by atoms with Crippen LogP contribution in [0, 0.1) is 5.92 Å². The van der Waals surface area contributed by atoms with Gasteiger partial charge in [-0.2, -0.15) is 0 Å². The first-order chi connectivity index (χ1) is 18.0. The number of anilines is 1. The second kappa shape index (κ2) is 10.3. The number of aliphatic hydroxyl groups excluding tert-OH is 1. The maximum absolute atomic E-state index is 11.5. The molecule has 3 aromatic rings. The predicted octanol–water partition coefficient (Wildman–Crippen LogP) is 2.01. The minimum Gasteiger partial charge on any atom is -0.486 e. The Bertz CT molecular complexity index is 1340. The van der Waals surface area contributed by atoms with Gasteiger partial charge in [0.25, 0.3) is 5.91 Å². The van der Waals surface area contributed by atoms with Crippen molar-refractivity contribution in [2.75, 3.05) is 51.3 Å². The number of likely N-dealkylation sites (tertiary alicyclic amines) is 1. The van der Waals surface area contributed by atoms with Crippen molar-refractivity contribution in [3.63, 3.8) is 0 Å². The normalized spacial score (nSPS) is 21.0. The Labute approximate surface area is 218 Å². The molecule has 3 aliphatic heterocycles. The number of carbonyl (C=O) groups is 1. The van der Waals surface area contributed by atoms with Gasteiger partial charge in [-0.15, -0.1) is 0 Å². The van der Waals surface area contributed by atoms with E-state index in [-0.39, 0.29) is 18.4 Å². The molecule has 1 amide bonds. The number of hydrogen-bond acceptors (Lipinski definition) is 9. The van der Waals surface area contributed by atoms with Crippen molar-refractivity contribution in [2.45, 2.75) is 19.1 Å². The maximum atomic E-state index is 11.5. The number of aromatic nitrogens is 2. The lowest BCUT2D eigenvalue weighted by Gasteiger charge is -2.22. The van der Waals surface area contributed by atoms with Crippen LogP contribution in [0.1, 0.15) is 11.3 Å². The van der Waals surface area contributed by atoms with Gasteiger partial charge in [-0.25, -0.2) is 4.98 Å². The second-order valence-electron chi connectivity index (χ2n) is 9.52. The third kappa shape index (κ3) is 5.02. The largest absolute Gasteiger partial charge is 0.486 e. The second-order valence-corrected chi connectivity index (χ2v) is 9.93. The zero-order chi connectivity index (χ0) is 25.4. The number of amides is 1. The van der Waals surface area contributed by atoms with E-state index in [1.807, 2.05) is 24.3 Å². The Hall–Kier alpha value is -3.18. The van der Waals surface area contributed by atoms with Gasteiger partial charge in [-0.3, -0.25) is 9.78 Å². The van der Waals surface area contributed by atoms with Crippen molar-refractivity contribution in [1.29, 1.82) is 0 Å². The van der Waals surface area contributed by atoms with Gasteiger partial charge < -0.3 is 34.9 Å². The average molecular weight is 526 g/mol. The van der Waals surface area contributed by atoms with Gasteiger partial charge in [-0.1, -0.05) is 11.6 Å². The van der Waals surface area contributed by atoms with Crippen molar-refractivity contribution in [1.82, 2.24) is 20.2 Å². The fraction of sp³-hybridized carbons (Fsp3) is 0.423. The summed E-state index contributed by atoms with van der Waals surface area (Å²) in [5, 5.41) is 18.3. The van der Waals surface area contributed by atoms with Gasteiger partial charge in [0, 0.05) is 44.8 Å². The summed E-state index contributed by atoms with van der Waals surface area (Å²) >= 11 is 6.59. The molecular weight excluding hydrogens is 498 g/mol. The number of fused-ring (bicyclic) bond motifs is 4. The molecule has 6 rings (SSSR count). The van der Waals surface area contributed by atoms with Crippen LogP contribution in [0.3, 0.4) is 0 Å². The molecule has 3 aliphatic rings. The molecule has 2 aromatic heterocycles. The monoisotopic (exact) mass is 525 g/mol. The number of pyridine rings is 2. The topological polar surface area (TPSA) is 118 Å². The van der Waals surface area contributed by atoms with Crippen molar-refractivity contribution in [3.8, 4) is 17.2 Å². The van der Waals surface area contributed by atoms with Crippen molar-refractivity contribution in [2.24, 2.45) is 5.92 Å². The van der Waals surface area contributed by atoms with E-state index in [4.69, 9.17) is 25.8 Å². The summed E-state index contributed by atoms with van der Waals surface area (Å²) in [6.07, 6.45) is 1.97. The van der Waals surface area contributed by atoms with E-state index in [1.165, 1.54) is 0 Å². The van der Waals surface area contributed by atoms with Gasteiger partial charge in [0.15, 0.2) is 29.7 Å². The van der Waals surface area contributed by atoms with Crippen molar-refractivity contribution >= 4 is 34.2 Å². The summed E-state index contributed by atoms with van der Waals surface area (Å²) in [5.41, 5.74) is 2.61. The van der Waals surface area contributed by atoms with E-state index >= 15 is 0 Å². The lowest BCUT2D eigenvalue weighted by molar-refractivity contribution is -0.118. The summed E-state index contributed by atoms with van der Waals surface area (Å²) in [6.45, 7) is 4.33. The number of nitrogens with zero attached hydrogens (tertiary/aromatic N) is 3. The molecule has 2 atom stereocenters. The van der Waals surface area contributed by atoms with Gasteiger partial charge in [-0.05, 0) is 36.2 Å². The number of hydrogen-bond donors (Lipinski definition) is 3. The smallest absolute Gasteiger partial charge is 0.263 e. The van der Waals surface area contributed by atoms with E-state index in [0.717, 1.165) is 41.0 Å². The van der Waals surface area contributed by atoms with Crippen LogP contribution in [0.15, 0.2) is 30.5 Å². The van der Waals surface area contributed by atoms with Crippen LogP contribution in [0.5, 0.6) is 17.2 Å². The first-order valence-electron chi connectivity index (χ1n) is 12.4. The lowest BCUT2D eigenvalue weighted by Crippen LogP contribution is -2.31. The van der Waals surface area contributed by atoms with Crippen LogP contribution < -0.4 is 24.8 Å². The van der Waals surface area contributed by atoms with Crippen LogP contribution in [0.25, 0.3) is 10.9 Å². The molecule has 37 heavy (non-hydrogen) atoms. The van der Waals surface area contributed by atoms with Crippen LogP contribution in [0.4, 0.5) is 5.82 Å². The number of benzene rings is 1. The molecule has 0 aliphatic carbocycles. The molecule has 11 heteroatoms. The molecule has 0 radical (unpaired) electrons. The zero-order valence-electron chi connectivity index (χ0n) is 20.2. The lowest BCUT2D eigenvalue weighted by atomic mass is 10.0. The van der Waals surface area contributed by atoms with Gasteiger partial charge >= 0.3 is 0 Å². The summed E-state index contributed by atoms with van der Waals surface area (Å²) in [5.74, 6) is 2.33. The predicted molar refractivity (Wildman–Crippen MR) is 137 cm³/mol. The van der Waals surface area contributed by atoms with Gasteiger partial charge in [0.05, 0.1) is 27.7 Å². The molecule has 0 bridgehead atoms. The van der Waals surface area contributed by atoms with Crippen LogP contribution in [0.2, 0.25) is 5.02 Å². The quantitative estimate of drug-likeness (QED) is 0.425. The summed E-state index contributed by atoms with van der Waals surface area (Å²) in [7, 11) is 0. The Morgan fingerprint density at radius 3 is 2.92 bits per heavy atom. The number of ether oxygens (including phenoxy) is 3. The fourth-order valence-electron chi connectivity index (χ4n) is 5.16. The van der Waals surface area contributed by atoms with E-state index < -0.39 is 6.10 Å². The van der Waals surface area contributed by atoms with Gasteiger partial charge in [0.1, 0.15) is 13.2 Å². The molecule has 0 saturated carbocycles. The standard InChI is InChI=1S/C26H28ClN5O5/c27-18-11-29-19-2-4-21-25(36-8-7-35-21)24(19)17(18)5-6-32-12-15(20(33)13-32)9-28-10-16-1-3-22-26(30-16)31-23(34)14-37-22/h1-4,11,15,20,28,33H,5-10,12-14H2,(H,30,31,34). The maximum Gasteiger partial charge on any atom is 0.263 e. The highest BCUT2D eigenvalue weighted by atomic mass is 35.5. The van der Waals surface area contributed by atoms with E-state index in [9.17, 15) is 9.90 Å². The molecule has 1 aromatic carbocycles. The third-order valence-corrected chi connectivity index (χ3v) is 7.32. The number of halogens is 1. The van der Waals surface area contributed by atoms with E-state index in [2.05, 4.69) is 25.5 Å². The summed E-state index contributed by atoms with van der Waals surface area (Å²) in [6, 6.07) is 7.51. The fourth-order valence-corrected chi connectivity index (χ4v) is 5.39. The van der Waals surface area contributed by atoms with Crippen LogP contribution >= 0.6 is 11.6 Å². The van der Waals surface area contributed by atoms with Crippen LogP contribution in [-0.2, 0) is 17.8 Å². The summed E-state index contributed by atoms with van der Waals surface area (Å²) in [4.78, 5) is 22.7. The highest BCUT2D eigenvalue weighted by molar-refractivity contribution is 6.32. The third-order valence-electron chi connectivity index (χ3n) is 7.00. The number of nitrogens with one attached hydrogen (secondary N) is 2. The Kier molecular flexibility index (Phi) is 6.72. The molecule has 2 unspecified atom stereocenters. The average Bonchev–Trinajstić information content (AvgIpc) is 3.26. The highest BCUT2D eigenvalue weighted by Crippen LogP contribution is 2.41. The number of β-amino-alcohol motifs (C(OH)–C–C–N with tert-alkyl or cyclic N) is 1. The first-order valence-corrected chi connectivity index (χ1v) is 12.8. The summed E-state index contributed by atoms with van der Waals surface area (Å²) < 4.78 is 17.1. The SMILES string of the molecule is O=C1COc2ccc(CNCC3CN(CCc4c(Cl)cnc5ccc6c(c45)OCCO6)CC3O)nc2N1. The Morgan fingerprint density at radius 1 is 1.14 bits per heavy atom. The number of carbonyl (C=O) groups excluding carboxylic acids is 1. The highest BCUT2D eigenvalue weighted by Gasteiger charge is 2.31. The van der Waals surface area contributed by atoms with E-state index in [1.54, 1.807) is 6.20 Å². The number of rotatable bonds is 7. The van der Waals surface area contributed by atoms with Crippen molar-refractivity contribution < 1.29 is 24.1 Å². The van der Waals surface area contributed by atoms with Gasteiger partial charge in [0.2, 0.25) is 0 Å². The molecule has 1 saturated heterocycles. The zero-order valence-corrected chi connectivity index (χ0v) is 21.0. The minimum atomic E-state index is -0.425. The molecule has 0 spiro atoms. The Morgan fingerprint density at radius 2 is 2.00 bits per heavy atom. The van der Waals surface area contributed by atoms with Crippen LogP contribution in [-0.4, -0.2) is 78.0 Å². The van der Waals surface area contributed by atoms with Crippen molar-refractivity contribution in [3.05, 3.63) is 46.7 Å². The first kappa shape index (κ1) is 24.2. The Balaban J connectivity index is 1.06. The number of aliphatic hydroxyl groups is 1. The van der Waals surface area contributed by atoms with E-state index in [0.29, 0.717) is 61.6 Å². The molecule has 5 heterocycles. The molecule has 1 fully saturated rings.